The number of hydrogen-bond acceptors (Lipinski definition) is 11. The molecule has 35 heavy (non-hydrogen) atoms. The van der Waals surface area contributed by atoms with E-state index in [1.165, 1.54) is 25.3 Å². The highest BCUT2D eigenvalue weighted by atomic mass is 16.7. The van der Waals surface area contributed by atoms with E-state index in [4.69, 9.17) is 18.9 Å². The molecule has 1 aromatic rings. The van der Waals surface area contributed by atoms with Gasteiger partial charge in [-0.1, -0.05) is 6.07 Å². The van der Waals surface area contributed by atoms with Crippen LogP contribution in [-0.2, 0) is 23.8 Å². The summed E-state index contributed by atoms with van der Waals surface area (Å²) in [6, 6.07) is 4.50. The number of phenols is 1. The summed E-state index contributed by atoms with van der Waals surface area (Å²) in [5, 5.41) is 50.7. The van der Waals surface area contributed by atoms with Gasteiger partial charge < -0.3 is 44.5 Å². The molecule has 194 valence electrons. The Hall–Kier alpha value is -2.54. The van der Waals surface area contributed by atoms with Crippen LogP contribution in [0.15, 0.2) is 24.3 Å². The van der Waals surface area contributed by atoms with Crippen LogP contribution in [0, 0.1) is 0 Å². The number of ether oxygens (including phenoxy) is 4. The van der Waals surface area contributed by atoms with E-state index in [9.17, 15) is 35.1 Å². The molecule has 1 saturated carbocycles. The molecule has 0 spiro atoms. The molecule has 0 unspecified atom stereocenters. The average molecular weight is 497 g/mol. The molecule has 0 bridgehead atoms. The Morgan fingerprint density at radius 2 is 1.89 bits per heavy atom. The van der Waals surface area contributed by atoms with Gasteiger partial charge in [0.05, 0.1) is 19.3 Å². The fourth-order valence-electron chi connectivity index (χ4n) is 3.98. The fourth-order valence-corrected chi connectivity index (χ4v) is 3.98. The number of esters is 1. The van der Waals surface area contributed by atoms with E-state index in [1.807, 2.05) is 0 Å². The van der Waals surface area contributed by atoms with Crippen LogP contribution in [0.1, 0.15) is 37.7 Å². The minimum absolute atomic E-state index is 0.0133. The third-order valence-corrected chi connectivity index (χ3v) is 6.26. The van der Waals surface area contributed by atoms with E-state index in [1.54, 1.807) is 6.07 Å². The van der Waals surface area contributed by atoms with Crippen molar-refractivity contribution in [2.24, 2.45) is 0 Å². The number of carbonyl (C=O) groups is 2. The Morgan fingerprint density at radius 1 is 1.17 bits per heavy atom. The van der Waals surface area contributed by atoms with Crippen molar-refractivity contribution in [1.29, 1.82) is 0 Å². The number of methoxy groups -OCH3 is 1. The second-order valence-electron chi connectivity index (χ2n) is 8.79. The third-order valence-electron chi connectivity index (χ3n) is 6.26. The number of ketones is 1. The van der Waals surface area contributed by atoms with Crippen molar-refractivity contribution in [3.8, 4) is 11.5 Å². The van der Waals surface area contributed by atoms with Crippen LogP contribution in [0.4, 0.5) is 0 Å². The number of Topliss-reactive ketones (excluding diaryl/α,β-unsaturated/α-hetero) is 1. The van der Waals surface area contributed by atoms with Crippen molar-refractivity contribution < 1.29 is 54.1 Å². The molecule has 0 radical (unpaired) electrons. The maximum atomic E-state index is 12.1. The topological polar surface area (TPSA) is 172 Å². The summed E-state index contributed by atoms with van der Waals surface area (Å²) in [5.41, 5.74) is -0.476. The normalized spacial score (nSPS) is 28.7. The van der Waals surface area contributed by atoms with E-state index in [-0.39, 0.29) is 30.3 Å². The lowest BCUT2D eigenvalue weighted by atomic mass is 9.82. The molecule has 1 aromatic carbocycles. The molecule has 5 N–H and O–H groups in total. The highest BCUT2D eigenvalue weighted by Crippen LogP contribution is 2.30. The number of carbonyl (C=O) groups excluding carboxylic acids is 2. The molecule has 2 aliphatic rings. The molecular weight excluding hydrogens is 464 g/mol. The number of benzene rings is 1. The van der Waals surface area contributed by atoms with Crippen molar-refractivity contribution >= 4 is 17.8 Å². The Bertz CT molecular complexity index is 905. The standard InChI is InChI=1S/C24H32O11/c1-32-17-12-14(2-4-16(17)26)3-5-19(27)34-13-18-20(28)21(29)22(30)23(35-18)33-11-10-24(31)8-6-15(25)7-9-24/h2-5,12,18,20-23,26,28-31H,6-11,13H2,1H3/b5-3+/t18-,20-,21+,22-,23-/m1/s1. The molecule has 1 saturated heterocycles. The monoisotopic (exact) mass is 496 g/mol. The van der Waals surface area contributed by atoms with Crippen LogP contribution in [0.2, 0.25) is 0 Å². The number of hydrogen-bond donors (Lipinski definition) is 5. The smallest absolute Gasteiger partial charge is 0.330 e. The highest BCUT2D eigenvalue weighted by Gasteiger charge is 2.45. The Morgan fingerprint density at radius 3 is 2.57 bits per heavy atom. The molecule has 11 heteroatoms. The largest absolute Gasteiger partial charge is 0.504 e. The average Bonchev–Trinajstić information content (AvgIpc) is 2.84. The summed E-state index contributed by atoms with van der Waals surface area (Å²) in [5.74, 6) is -0.452. The third kappa shape index (κ3) is 7.23. The second-order valence-corrected chi connectivity index (χ2v) is 8.79. The van der Waals surface area contributed by atoms with Gasteiger partial charge in [0.15, 0.2) is 17.8 Å². The molecule has 2 fully saturated rings. The molecule has 0 aromatic heterocycles. The molecule has 1 aliphatic heterocycles. The van der Waals surface area contributed by atoms with Crippen molar-refractivity contribution in [3.05, 3.63) is 29.8 Å². The van der Waals surface area contributed by atoms with E-state index < -0.39 is 48.9 Å². The fraction of sp³-hybridized carbons (Fsp3) is 0.583. The molecule has 3 rings (SSSR count). The molecule has 11 nitrogen and oxygen atoms in total. The zero-order chi connectivity index (χ0) is 25.6. The quantitative estimate of drug-likeness (QED) is 0.231. The molecule has 5 atom stereocenters. The van der Waals surface area contributed by atoms with Crippen LogP contribution in [-0.4, -0.2) is 93.9 Å². The van der Waals surface area contributed by atoms with Crippen LogP contribution in [0.5, 0.6) is 11.5 Å². The van der Waals surface area contributed by atoms with Gasteiger partial charge in [0.25, 0.3) is 0 Å². The number of rotatable bonds is 9. The zero-order valence-electron chi connectivity index (χ0n) is 19.4. The number of aliphatic hydroxyl groups is 4. The second kappa shape index (κ2) is 11.9. The van der Waals surface area contributed by atoms with E-state index in [2.05, 4.69) is 0 Å². The maximum absolute atomic E-state index is 12.1. The van der Waals surface area contributed by atoms with Crippen molar-refractivity contribution in [3.63, 3.8) is 0 Å². The van der Waals surface area contributed by atoms with Gasteiger partial charge in [0, 0.05) is 18.9 Å². The lowest BCUT2D eigenvalue weighted by Crippen LogP contribution is -2.59. The van der Waals surface area contributed by atoms with E-state index in [0.717, 1.165) is 6.08 Å². The van der Waals surface area contributed by atoms with Crippen LogP contribution < -0.4 is 4.74 Å². The van der Waals surface area contributed by atoms with E-state index in [0.29, 0.717) is 31.2 Å². The summed E-state index contributed by atoms with van der Waals surface area (Å²) in [6.45, 7) is -0.431. The number of phenolic OH excluding ortho intramolecular Hbond substituents is 1. The van der Waals surface area contributed by atoms with Gasteiger partial charge in [-0.3, -0.25) is 4.79 Å². The summed E-state index contributed by atoms with van der Waals surface area (Å²) in [4.78, 5) is 23.5. The number of aliphatic hydroxyl groups excluding tert-OH is 3. The summed E-state index contributed by atoms with van der Waals surface area (Å²) in [7, 11) is 1.40. The summed E-state index contributed by atoms with van der Waals surface area (Å²) >= 11 is 0. The maximum Gasteiger partial charge on any atom is 0.330 e. The van der Waals surface area contributed by atoms with E-state index >= 15 is 0 Å². The minimum Gasteiger partial charge on any atom is -0.504 e. The SMILES string of the molecule is COc1cc(/C=C/C(=O)OC[C@H]2O[C@@H](OCCC3(O)CCC(=O)CC3)[C@H](O)[C@@H](O)[C@@H]2O)ccc1O. The van der Waals surface area contributed by atoms with Gasteiger partial charge in [0.1, 0.15) is 36.8 Å². The first-order chi connectivity index (χ1) is 16.6. The van der Waals surface area contributed by atoms with Crippen molar-refractivity contribution in [2.75, 3.05) is 20.3 Å². The first-order valence-electron chi connectivity index (χ1n) is 11.4. The van der Waals surface area contributed by atoms with Gasteiger partial charge in [-0.15, -0.1) is 0 Å². The molecule has 0 amide bonds. The minimum atomic E-state index is -1.60. The van der Waals surface area contributed by atoms with Crippen molar-refractivity contribution in [1.82, 2.24) is 0 Å². The van der Waals surface area contributed by atoms with Gasteiger partial charge >= 0.3 is 5.97 Å². The first kappa shape index (κ1) is 27.1. The number of aromatic hydroxyl groups is 1. The van der Waals surface area contributed by atoms with Crippen molar-refractivity contribution in [2.45, 2.75) is 68.4 Å². The predicted octanol–water partition coefficient (Wildman–Crippen LogP) is 0.0457. The van der Waals surface area contributed by atoms with Gasteiger partial charge in [-0.25, -0.2) is 4.79 Å². The van der Waals surface area contributed by atoms with Gasteiger partial charge in [-0.2, -0.15) is 0 Å². The van der Waals surface area contributed by atoms with Crippen LogP contribution in [0.25, 0.3) is 6.08 Å². The van der Waals surface area contributed by atoms with Crippen LogP contribution >= 0.6 is 0 Å². The van der Waals surface area contributed by atoms with Crippen LogP contribution in [0.3, 0.4) is 0 Å². The lowest BCUT2D eigenvalue weighted by Gasteiger charge is -2.40. The molecule has 1 aliphatic carbocycles. The summed E-state index contributed by atoms with van der Waals surface area (Å²) in [6.07, 6.45) is -3.14. The summed E-state index contributed by atoms with van der Waals surface area (Å²) < 4.78 is 21.1. The molecular formula is C24H32O11. The van der Waals surface area contributed by atoms with Gasteiger partial charge in [-0.05, 0) is 43.0 Å². The Kier molecular flexibility index (Phi) is 9.22. The highest BCUT2D eigenvalue weighted by molar-refractivity contribution is 5.87. The predicted molar refractivity (Wildman–Crippen MR) is 120 cm³/mol. The molecule has 1 heterocycles. The van der Waals surface area contributed by atoms with Gasteiger partial charge in [0.2, 0.25) is 0 Å². The lowest BCUT2D eigenvalue weighted by molar-refractivity contribution is -0.303. The zero-order valence-corrected chi connectivity index (χ0v) is 19.4. The Labute approximate surface area is 202 Å². The first-order valence-corrected chi connectivity index (χ1v) is 11.4. The Balaban J connectivity index is 1.50.